The SMILES string of the molecule is Cc1nn(Cc2ccccc2)c2sc(C(=O)NCC(=O)N3CCCC3)cc12. The Morgan fingerprint density at radius 1 is 1.19 bits per heavy atom. The molecule has 27 heavy (non-hydrogen) atoms. The third-order valence-corrected chi connectivity index (χ3v) is 6.01. The summed E-state index contributed by atoms with van der Waals surface area (Å²) in [5.41, 5.74) is 2.07. The molecule has 1 fully saturated rings. The zero-order valence-corrected chi connectivity index (χ0v) is 16.1. The summed E-state index contributed by atoms with van der Waals surface area (Å²) in [4.78, 5) is 28.0. The van der Waals surface area contributed by atoms with Gasteiger partial charge in [-0.1, -0.05) is 30.3 Å². The summed E-state index contributed by atoms with van der Waals surface area (Å²) in [5.74, 6) is -0.206. The number of carbonyl (C=O) groups is 2. The van der Waals surface area contributed by atoms with Gasteiger partial charge in [0, 0.05) is 18.5 Å². The number of aromatic nitrogens is 2. The van der Waals surface area contributed by atoms with Crippen molar-refractivity contribution in [2.24, 2.45) is 0 Å². The van der Waals surface area contributed by atoms with Crippen molar-refractivity contribution < 1.29 is 9.59 Å². The van der Waals surface area contributed by atoms with E-state index in [1.165, 1.54) is 11.3 Å². The molecular formula is C20H22N4O2S. The van der Waals surface area contributed by atoms with E-state index < -0.39 is 0 Å². The molecule has 0 spiro atoms. The molecule has 2 amide bonds. The maximum absolute atomic E-state index is 12.5. The van der Waals surface area contributed by atoms with Crippen molar-refractivity contribution >= 4 is 33.4 Å². The number of likely N-dealkylation sites (tertiary alicyclic amines) is 1. The van der Waals surface area contributed by atoms with Gasteiger partial charge in [-0.2, -0.15) is 5.10 Å². The molecule has 4 rings (SSSR count). The van der Waals surface area contributed by atoms with Crippen LogP contribution in [0.4, 0.5) is 0 Å². The number of nitrogens with one attached hydrogen (secondary N) is 1. The Balaban J connectivity index is 1.48. The topological polar surface area (TPSA) is 67.2 Å². The summed E-state index contributed by atoms with van der Waals surface area (Å²) in [6, 6.07) is 12.0. The van der Waals surface area contributed by atoms with Crippen molar-refractivity contribution in [3.63, 3.8) is 0 Å². The largest absolute Gasteiger partial charge is 0.342 e. The fourth-order valence-electron chi connectivity index (χ4n) is 3.41. The third-order valence-electron chi connectivity index (χ3n) is 4.87. The zero-order chi connectivity index (χ0) is 18.8. The van der Waals surface area contributed by atoms with Gasteiger partial charge in [0.1, 0.15) is 4.83 Å². The Hall–Kier alpha value is -2.67. The van der Waals surface area contributed by atoms with Crippen LogP contribution in [0.1, 0.15) is 33.8 Å². The van der Waals surface area contributed by atoms with Crippen LogP contribution in [-0.4, -0.2) is 46.1 Å². The predicted octanol–water partition coefficient (Wildman–Crippen LogP) is 2.81. The second-order valence-electron chi connectivity index (χ2n) is 6.83. The molecule has 0 saturated carbocycles. The van der Waals surface area contributed by atoms with Crippen LogP contribution in [0.2, 0.25) is 0 Å². The second-order valence-corrected chi connectivity index (χ2v) is 7.86. The van der Waals surface area contributed by atoms with Gasteiger partial charge in [-0.15, -0.1) is 11.3 Å². The second kappa shape index (κ2) is 7.52. The lowest BCUT2D eigenvalue weighted by atomic mass is 10.2. The van der Waals surface area contributed by atoms with Gasteiger partial charge in [-0.25, -0.2) is 0 Å². The van der Waals surface area contributed by atoms with E-state index in [1.807, 2.05) is 40.8 Å². The van der Waals surface area contributed by atoms with Gasteiger partial charge in [0.15, 0.2) is 0 Å². The van der Waals surface area contributed by atoms with E-state index in [-0.39, 0.29) is 18.4 Å². The first-order chi connectivity index (χ1) is 13.1. The van der Waals surface area contributed by atoms with Crippen LogP contribution in [0.15, 0.2) is 36.4 Å². The van der Waals surface area contributed by atoms with Gasteiger partial charge in [-0.05, 0) is 31.4 Å². The first-order valence-corrected chi connectivity index (χ1v) is 10.0. The van der Waals surface area contributed by atoms with Gasteiger partial charge in [-0.3, -0.25) is 14.3 Å². The molecule has 7 heteroatoms. The standard InChI is InChI=1S/C20H22N4O2S/c1-14-16-11-17(19(26)21-12-18(25)23-9-5-6-10-23)27-20(16)24(22-14)13-15-7-3-2-4-8-15/h2-4,7-8,11H,5-6,9-10,12-13H2,1H3,(H,21,26). The summed E-state index contributed by atoms with van der Waals surface area (Å²) < 4.78 is 1.94. The van der Waals surface area contributed by atoms with Crippen molar-refractivity contribution in [2.45, 2.75) is 26.3 Å². The molecule has 0 aliphatic carbocycles. The van der Waals surface area contributed by atoms with E-state index in [0.717, 1.165) is 47.4 Å². The molecule has 6 nitrogen and oxygen atoms in total. The highest BCUT2D eigenvalue weighted by atomic mass is 32.1. The fourth-order valence-corrected chi connectivity index (χ4v) is 4.49. The molecule has 140 valence electrons. The van der Waals surface area contributed by atoms with Gasteiger partial charge in [0.05, 0.1) is 23.7 Å². The minimum absolute atomic E-state index is 0.00612. The van der Waals surface area contributed by atoms with Gasteiger partial charge in [0.2, 0.25) is 5.91 Å². The Morgan fingerprint density at radius 2 is 1.93 bits per heavy atom. The van der Waals surface area contributed by atoms with Crippen molar-refractivity contribution in [3.8, 4) is 0 Å². The molecule has 3 aromatic rings. The van der Waals surface area contributed by atoms with Crippen molar-refractivity contribution in [1.29, 1.82) is 0 Å². The molecule has 0 radical (unpaired) electrons. The van der Waals surface area contributed by atoms with E-state index >= 15 is 0 Å². The monoisotopic (exact) mass is 382 g/mol. The number of thiophene rings is 1. The number of nitrogens with zero attached hydrogens (tertiary/aromatic N) is 3. The first kappa shape index (κ1) is 17.7. The van der Waals surface area contributed by atoms with Crippen LogP contribution in [0.3, 0.4) is 0 Å². The Labute approximate surface area is 161 Å². The maximum atomic E-state index is 12.5. The summed E-state index contributed by atoms with van der Waals surface area (Å²) in [6.45, 7) is 4.27. The molecule has 1 saturated heterocycles. The lowest BCUT2D eigenvalue weighted by Gasteiger charge is -2.15. The number of fused-ring (bicyclic) bond motifs is 1. The highest BCUT2D eigenvalue weighted by Crippen LogP contribution is 2.28. The van der Waals surface area contributed by atoms with Gasteiger partial charge >= 0.3 is 0 Å². The summed E-state index contributed by atoms with van der Waals surface area (Å²) in [7, 11) is 0. The molecule has 3 heterocycles. The molecule has 0 atom stereocenters. The van der Waals surface area contributed by atoms with Crippen LogP contribution in [0.25, 0.3) is 10.2 Å². The number of hydrogen-bond donors (Lipinski definition) is 1. The van der Waals surface area contributed by atoms with Crippen LogP contribution in [0.5, 0.6) is 0 Å². The maximum Gasteiger partial charge on any atom is 0.261 e. The number of hydrogen-bond acceptors (Lipinski definition) is 4. The van der Waals surface area contributed by atoms with E-state index in [4.69, 9.17) is 0 Å². The molecule has 1 N–H and O–H groups in total. The van der Waals surface area contributed by atoms with Crippen LogP contribution < -0.4 is 5.32 Å². The number of rotatable bonds is 5. The smallest absolute Gasteiger partial charge is 0.261 e. The quantitative estimate of drug-likeness (QED) is 0.738. The highest BCUT2D eigenvalue weighted by Gasteiger charge is 2.20. The first-order valence-electron chi connectivity index (χ1n) is 9.18. The highest BCUT2D eigenvalue weighted by molar-refractivity contribution is 7.20. The predicted molar refractivity (Wildman–Crippen MR) is 106 cm³/mol. The fraction of sp³-hybridized carbons (Fsp3) is 0.350. The molecule has 1 aliphatic rings. The van der Waals surface area contributed by atoms with Crippen LogP contribution in [0, 0.1) is 6.92 Å². The van der Waals surface area contributed by atoms with Crippen molar-refractivity contribution in [1.82, 2.24) is 20.0 Å². The number of amides is 2. The molecule has 1 aromatic carbocycles. The number of carbonyl (C=O) groups excluding carboxylic acids is 2. The Bertz CT molecular complexity index is 971. The minimum atomic E-state index is -0.200. The van der Waals surface area contributed by atoms with E-state index in [0.29, 0.717) is 11.4 Å². The van der Waals surface area contributed by atoms with E-state index in [2.05, 4.69) is 22.5 Å². The average Bonchev–Trinajstić information content (AvgIpc) is 3.40. The van der Waals surface area contributed by atoms with E-state index in [9.17, 15) is 9.59 Å². The summed E-state index contributed by atoms with van der Waals surface area (Å²) in [5, 5.41) is 8.36. The van der Waals surface area contributed by atoms with Gasteiger partial charge in [0.25, 0.3) is 5.91 Å². The normalized spacial score (nSPS) is 14.0. The zero-order valence-electron chi connectivity index (χ0n) is 15.3. The van der Waals surface area contributed by atoms with E-state index in [1.54, 1.807) is 0 Å². The molecule has 0 bridgehead atoms. The molecule has 0 unspecified atom stereocenters. The number of aryl methyl sites for hydroxylation is 1. The van der Waals surface area contributed by atoms with Crippen LogP contribution in [-0.2, 0) is 11.3 Å². The lowest BCUT2D eigenvalue weighted by Crippen LogP contribution is -2.38. The lowest BCUT2D eigenvalue weighted by molar-refractivity contribution is -0.129. The summed E-state index contributed by atoms with van der Waals surface area (Å²) in [6.07, 6.45) is 2.10. The van der Waals surface area contributed by atoms with Crippen molar-refractivity contribution in [3.05, 3.63) is 52.5 Å². The minimum Gasteiger partial charge on any atom is -0.342 e. The average molecular weight is 382 g/mol. The molecular weight excluding hydrogens is 360 g/mol. The summed E-state index contributed by atoms with van der Waals surface area (Å²) >= 11 is 1.42. The van der Waals surface area contributed by atoms with Crippen LogP contribution >= 0.6 is 11.3 Å². The number of benzene rings is 1. The van der Waals surface area contributed by atoms with Crippen molar-refractivity contribution in [2.75, 3.05) is 19.6 Å². The van der Waals surface area contributed by atoms with Gasteiger partial charge < -0.3 is 10.2 Å². The molecule has 2 aromatic heterocycles. The third kappa shape index (κ3) is 3.73. The Morgan fingerprint density at radius 3 is 2.67 bits per heavy atom. The Kier molecular flexibility index (Phi) is 4.94. The molecule has 1 aliphatic heterocycles.